The molecule has 4 aliphatic rings. The molecule has 0 aromatic heterocycles. The molecule has 3 aromatic rings. The van der Waals surface area contributed by atoms with E-state index in [1.54, 1.807) is 19.1 Å². The lowest BCUT2D eigenvalue weighted by Gasteiger charge is -2.45. The highest BCUT2D eigenvalue weighted by atomic mass is 79.9. The quantitative estimate of drug-likeness (QED) is 0.319. The number of esters is 1. The predicted octanol–water partition coefficient (Wildman–Crippen LogP) is 5.17. The first-order valence-corrected chi connectivity index (χ1v) is 13.8. The number of carbonyl (C=O) groups excluding carboxylic acids is 4. The van der Waals surface area contributed by atoms with Gasteiger partial charge in [0.2, 0.25) is 11.8 Å². The Morgan fingerprint density at radius 1 is 0.949 bits per heavy atom. The minimum absolute atomic E-state index is 0.260. The summed E-state index contributed by atoms with van der Waals surface area (Å²) in [5.74, 6) is -3.83. The first-order chi connectivity index (χ1) is 18.7. The number of rotatable bonds is 5. The molecule has 0 unspecified atom stereocenters. The molecule has 3 atom stereocenters. The highest BCUT2D eigenvalue weighted by molar-refractivity contribution is 9.10. The normalized spacial score (nSPS) is 23.1. The van der Waals surface area contributed by atoms with E-state index in [0.29, 0.717) is 15.2 Å². The zero-order chi connectivity index (χ0) is 27.6. The zero-order valence-electron chi connectivity index (χ0n) is 21.1. The summed E-state index contributed by atoms with van der Waals surface area (Å²) >= 11 is 9.45. The minimum Gasteiger partial charge on any atom is -0.454 e. The molecule has 9 heteroatoms. The number of imide groups is 1. The van der Waals surface area contributed by atoms with Crippen LogP contribution in [0.3, 0.4) is 0 Å². The Morgan fingerprint density at radius 2 is 1.44 bits per heavy atom. The number of likely N-dealkylation sites (tertiary alicyclic amines) is 1. The number of nitrogens with one attached hydrogen (secondary N) is 1. The van der Waals surface area contributed by atoms with Crippen molar-refractivity contribution in [3.63, 3.8) is 0 Å². The molecule has 2 bridgehead atoms. The van der Waals surface area contributed by atoms with Crippen molar-refractivity contribution in [1.82, 2.24) is 4.90 Å². The van der Waals surface area contributed by atoms with Crippen LogP contribution in [0.4, 0.5) is 5.69 Å². The van der Waals surface area contributed by atoms with E-state index in [2.05, 4.69) is 21.2 Å². The van der Waals surface area contributed by atoms with E-state index in [9.17, 15) is 19.2 Å². The maximum absolute atomic E-state index is 13.8. The molecular weight excluding hydrogens is 584 g/mol. The van der Waals surface area contributed by atoms with Crippen LogP contribution in [0, 0.1) is 18.8 Å². The Bertz CT molecular complexity index is 1460. The number of amides is 3. The van der Waals surface area contributed by atoms with Gasteiger partial charge in [0.15, 0.2) is 6.61 Å². The number of hydrogen-bond acceptors (Lipinski definition) is 5. The fourth-order valence-electron chi connectivity index (χ4n) is 6.41. The lowest BCUT2D eigenvalue weighted by molar-refractivity contribution is -0.159. The van der Waals surface area contributed by atoms with Crippen LogP contribution in [0.1, 0.15) is 46.6 Å². The van der Waals surface area contributed by atoms with Gasteiger partial charge in [-0.3, -0.25) is 19.3 Å². The molecule has 7 nitrogen and oxygen atoms in total. The van der Waals surface area contributed by atoms with E-state index in [-0.39, 0.29) is 23.7 Å². The van der Waals surface area contributed by atoms with Gasteiger partial charge in [0, 0.05) is 22.0 Å². The van der Waals surface area contributed by atoms with Crippen LogP contribution in [0.15, 0.2) is 65.1 Å². The number of anilines is 1. The van der Waals surface area contributed by atoms with Crippen molar-refractivity contribution >= 4 is 56.9 Å². The van der Waals surface area contributed by atoms with E-state index in [4.69, 9.17) is 16.3 Å². The summed E-state index contributed by atoms with van der Waals surface area (Å²) in [4.78, 5) is 54.1. The standard InChI is InChI=1S/C30H24BrClN2O5/c1-14-11-20(31)21(32)12-22(14)33-23(35)13-39-30(38)15(2)34-28(36)26-24-16-7-3-4-8-17(16)25(27(26)29(34)37)19-10-6-5-9-18(19)24/h3-12,15,24-27H,13H2,1-2H3,(H,33,35)/t15-,24?,25?,26-,27+/m0/s1. The fourth-order valence-corrected chi connectivity index (χ4v) is 7.03. The van der Waals surface area contributed by atoms with E-state index < -0.39 is 36.4 Å². The van der Waals surface area contributed by atoms with E-state index in [1.807, 2.05) is 48.5 Å². The van der Waals surface area contributed by atoms with Gasteiger partial charge in [-0.25, -0.2) is 4.79 Å². The topological polar surface area (TPSA) is 92.8 Å². The van der Waals surface area contributed by atoms with Crippen LogP contribution in [-0.4, -0.2) is 41.2 Å². The number of carbonyl (C=O) groups is 4. The average Bonchev–Trinajstić information content (AvgIpc) is 3.20. The molecule has 1 heterocycles. The van der Waals surface area contributed by atoms with Crippen molar-refractivity contribution in [2.24, 2.45) is 11.8 Å². The second kappa shape index (κ2) is 9.61. The van der Waals surface area contributed by atoms with Crippen LogP contribution >= 0.6 is 27.5 Å². The van der Waals surface area contributed by atoms with Gasteiger partial charge in [-0.15, -0.1) is 0 Å². The minimum atomic E-state index is -1.17. The van der Waals surface area contributed by atoms with Gasteiger partial charge in [-0.05, 0) is 69.7 Å². The van der Waals surface area contributed by atoms with Crippen LogP contribution in [0.5, 0.6) is 0 Å². The summed E-state index contributed by atoms with van der Waals surface area (Å²) in [7, 11) is 0. The highest BCUT2D eigenvalue weighted by Crippen LogP contribution is 2.61. The molecule has 198 valence electrons. The third-order valence-electron chi connectivity index (χ3n) is 8.10. The molecule has 1 saturated heterocycles. The third kappa shape index (κ3) is 4.00. The SMILES string of the molecule is Cc1cc(Br)c(Cl)cc1NC(=O)COC(=O)[C@H](C)N1C(=O)[C@@H]2C3c4ccccc4C(c4ccccc43)[C@@H]2C1=O. The summed E-state index contributed by atoms with van der Waals surface area (Å²) in [6.07, 6.45) is 0. The lowest BCUT2D eigenvalue weighted by Crippen LogP contribution is -2.45. The van der Waals surface area contributed by atoms with E-state index >= 15 is 0 Å². The van der Waals surface area contributed by atoms with Crippen molar-refractivity contribution < 1.29 is 23.9 Å². The number of ether oxygens (including phenoxy) is 1. The molecule has 0 saturated carbocycles. The number of aryl methyl sites for hydroxylation is 1. The summed E-state index contributed by atoms with van der Waals surface area (Å²) < 4.78 is 5.94. The predicted molar refractivity (Wildman–Crippen MR) is 148 cm³/mol. The second-order valence-corrected chi connectivity index (χ2v) is 11.5. The average molecular weight is 608 g/mol. The Labute approximate surface area is 238 Å². The van der Waals surface area contributed by atoms with Gasteiger partial charge < -0.3 is 10.1 Å². The molecule has 7 rings (SSSR count). The lowest BCUT2D eigenvalue weighted by atomic mass is 9.55. The molecule has 3 amide bonds. The van der Waals surface area contributed by atoms with Gasteiger partial charge in [0.05, 0.1) is 16.9 Å². The monoisotopic (exact) mass is 606 g/mol. The van der Waals surface area contributed by atoms with Crippen molar-refractivity contribution in [1.29, 1.82) is 0 Å². The smallest absolute Gasteiger partial charge is 0.329 e. The molecule has 1 aliphatic heterocycles. The van der Waals surface area contributed by atoms with Crippen molar-refractivity contribution in [2.75, 3.05) is 11.9 Å². The molecule has 3 aromatic carbocycles. The van der Waals surface area contributed by atoms with E-state index in [0.717, 1.165) is 32.7 Å². The van der Waals surface area contributed by atoms with Gasteiger partial charge in [-0.1, -0.05) is 60.1 Å². The molecule has 3 aliphatic carbocycles. The summed E-state index contributed by atoms with van der Waals surface area (Å²) in [6, 6.07) is 18.1. The van der Waals surface area contributed by atoms with E-state index in [1.165, 1.54) is 6.92 Å². The zero-order valence-corrected chi connectivity index (χ0v) is 23.5. The summed E-state index contributed by atoms with van der Waals surface area (Å²) in [5.41, 5.74) is 5.48. The van der Waals surface area contributed by atoms with Crippen molar-refractivity contribution in [3.05, 3.63) is 98.0 Å². The summed E-state index contributed by atoms with van der Waals surface area (Å²) in [5, 5.41) is 3.09. The van der Waals surface area contributed by atoms with Crippen LogP contribution in [-0.2, 0) is 23.9 Å². The molecule has 0 radical (unpaired) electrons. The highest BCUT2D eigenvalue weighted by Gasteiger charge is 2.62. The van der Waals surface area contributed by atoms with Gasteiger partial charge in [-0.2, -0.15) is 0 Å². The third-order valence-corrected chi connectivity index (χ3v) is 9.29. The summed E-state index contributed by atoms with van der Waals surface area (Å²) in [6.45, 7) is 2.70. The molecule has 39 heavy (non-hydrogen) atoms. The van der Waals surface area contributed by atoms with Crippen molar-refractivity contribution in [2.45, 2.75) is 31.7 Å². The number of halogens is 2. The number of hydrogen-bond donors (Lipinski definition) is 1. The molecular formula is C30H24BrClN2O5. The maximum Gasteiger partial charge on any atom is 0.329 e. The number of nitrogens with zero attached hydrogens (tertiary/aromatic N) is 1. The second-order valence-electron chi connectivity index (χ2n) is 10.2. The Balaban J connectivity index is 1.20. The Morgan fingerprint density at radius 3 is 1.92 bits per heavy atom. The van der Waals surface area contributed by atoms with Gasteiger partial charge in [0.25, 0.3) is 5.91 Å². The van der Waals surface area contributed by atoms with Crippen LogP contribution in [0.2, 0.25) is 5.02 Å². The first-order valence-electron chi connectivity index (χ1n) is 12.7. The van der Waals surface area contributed by atoms with Gasteiger partial charge in [0.1, 0.15) is 6.04 Å². The molecule has 1 N–H and O–H groups in total. The maximum atomic E-state index is 13.8. The largest absolute Gasteiger partial charge is 0.454 e. The van der Waals surface area contributed by atoms with Crippen LogP contribution < -0.4 is 5.32 Å². The van der Waals surface area contributed by atoms with Crippen LogP contribution in [0.25, 0.3) is 0 Å². The first kappa shape index (κ1) is 25.8. The Hall–Kier alpha value is -3.49. The fraction of sp³-hybridized carbons (Fsp3) is 0.267. The van der Waals surface area contributed by atoms with Crippen molar-refractivity contribution in [3.8, 4) is 0 Å². The van der Waals surface area contributed by atoms with Gasteiger partial charge >= 0.3 is 5.97 Å². The Kier molecular flexibility index (Phi) is 6.35. The molecule has 0 spiro atoms. The molecule has 1 fully saturated rings. The number of benzene rings is 3.